The molecule has 18 heavy (non-hydrogen) atoms. The molecule has 0 aromatic heterocycles. The number of ether oxygens (including phenoxy) is 1. The third-order valence-electron chi connectivity index (χ3n) is 2.53. The Kier molecular flexibility index (Phi) is 4.04. The molecule has 0 aliphatic carbocycles. The Morgan fingerprint density at radius 1 is 1.61 bits per heavy atom. The van der Waals surface area contributed by atoms with Crippen LogP contribution in [0.25, 0.3) is 0 Å². The summed E-state index contributed by atoms with van der Waals surface area (Å²) in [5.74, 6) is -1.06. The van der Waals surface area contributed by atoms with Gasteiger partial charge >= 0.3 is 11.7 Å². The monoisotopic (exact) mass is 251 g/mol. The number of para-hydroxylation sites is 2. The Morgan fingerprint density at radius 2 is 2.22 bits per heavy atom. The van der Waals surface area contributed by atoms with Gasteiger partial charge < -0.3 is 9.84 Å². The van der Waals surface area contributed by atoms with E-state index in [-0.39, 0.29) is 18.0 Å². The molecule has 1 unspecified atom stereocenters. The molecule has 0 radical (unpaired) electrons. The zero-order valence-electron chi connectivity index (χ0n) is 9.83. The van der Waals surface area contributed by atoms with Crippen molar-refractivity contribution in [3.8, 4) is 5.75 Å². The van der Waals surface area contributed by atoms with Gasteiger partial charge in [-0.15, -0.1) is 6.58 Å². The van der Waals surface area contributed by atoms with Crippen molar-refractivity contribution in [1.29, 1.82) is 0 Å². The molecule has 96 valence electrons. The number of nitro groups is 1. The number of hydrogen-bond acceptors (Lipinski definition) is 4. The summed E-state index contributed by atoms with van der Waals surface area (Å²) in [7, 11) is 0. The average Bonchev–Trinajstić information content (AvgIpc) is 2.35. The molecule has 0 aliphatic heterocycles. The zero-order chi connectivity index (χ0) is 13.8. The zero-order valence-corrected chi connectivity index (χ0v) is 9.83. The Balaban J connectivity index is 2.90. The maximum Gasteiger partial charge on any atom is 0.316 e. The van der Waals surface area contributed by atoms with E-state index in [1.165, 1.54) is 31.2 Å². The average molecular weight is 251 g/mol. The van der Waals surface area contributed by atoms with Crippen molar-refractivity contribution in [2.75, 3.05) is 6.61 Å². The first-order valence-electron chi connectivity index (χ1n) is 5.14. The summed E-state index contributed by atoms with van der Waals surface area (Å²) in [4.78, 5) is 21.2. The van der Waals surface area contributed by atoms with Gasteiger partial charge in [-0.05, 0) is 13.0 Å². The summed E-state index contributed by atoms with van der Waals surface area (Å²) in [5.41, 5.74) is -1.49. The maximum absolute atomic E-state index is 11.0. The normalized spacial score (nSPS) is 13.4. The van der Waals surface area contributed by atoms with E-state index in [4.69, 9.17) is 9.84 Å². The van der Waals surface area contributed by atoms with E-state index < -0.39 is 16.3 Å². The van der Waals surface area contributed by atoms with E-state index in [1.54, 1.807) is 6.07 Å². The van der Waals surface area contributed by atoms with E-state index in [1.807, 2.05) is 0 Å². The second-order valence-electron chi connectivity index (χ2n) is 3.94. The van der Waals surface area contributed by atoms with Crippen LogP contribution in [0.5, 0.6) is 5.75 Å². The number of carboxylic acids is 1. The molecular formula is C12H13NO5. The van der Waals surface area contributed by atoms with Gasteiger partial charge in [-0.25, -0.2) is 0 Å². The molecule has 1 atom stereocenters. The van der Waals surface area contributed by atoms with Crippen molar-refractivity contribution in [3.05, 3.63) is 47.0 Å². The summed E-state index contributed by atoms with van der Waals surface area (Å²) in [6, 6.07) is 5.80. The van der Waals surface area contributed by atoms with Gasteiger partial charge in [0, 0.05) is 6.07 Å². The van der Waals surface area contributed by atoms with E-state index >= 15 is 0 Å². The van der Waals surface area contributed by atoms with Crippen LogP contribution in [-0.4, -0.2) is 22.6 Å². The van der Waals surface area contributed by atoms with Gasteiger partial charge in [0.2, 0.25) is 0 Å². The first-order chi connectivity index (χ1) is 8.40. The lowest BCUT2D eigenvalue weighted by Crippen LogP contribution is -2.31. The Hall–Kier alpha value is -2.37. The topological polar surface area (TPSA) is 89.7 Å². The lowest BCUT2D eigenvalue weighted by atomic mass is 9.92. The molecule has 6 heteroatoms. The first-order valence-corrected chi connectivity index (χ1v) is 5.14. The number of hydrogen-bond donors (Lipinski definition) is 1. The summed E-state index contributed by atoms with van der Waals surface area (Å²) >= 11 is 0. The minimum absolute atomic E-state index is 0.0387. The second-order valence-corrected chi connectivity index (χ2v) is 3.94. The van der Waals surface area contributed by atoms with Crippen molar-refractivity contribution in [3.63, 3.8) is 0 Å². The van der Waals surface area contributed by atoms with E-state index in [9.17, 15) is 14.9 Å². The van der Waals surface area contributed by atoms with Crippen molar-refractivity contribution in [2.24, 2.45) is 5.41 Å². The molecule has 0 aliphatic rings. The quantitative estimate of drug-likeness (QED) is 0.475. The predicted molar refractivity (Wildman–Crippen MR) is 64.5 cm³/mol. The van der Waals surface area contributed by atoms with Gasteiger partial charge in [0.05, 0.1) is 4.92 Å². The summed E-state index contributed by atoms with van der Waals surface area (Å²) in [5, 5.41) is 19.7. The molecule has 0 spiro atoms. The number of aliphatic carboxylic acids is 1. The van der Waals surface area contributed by atoms with Gasteiger partial charge in [0.1, 0.15) is 12.0 Å². The van der Waals surface area contributed by atoms with Crippen LogP contribution in [0.3, 0.4) is 0 Å². The molecule has 0 amide bonds. The number of benzene rings is 1. The number of nitrogens with zero attached hydrogens (tertiary/aromatic N) is 1. The summed E-state index contributed by atoms with van der Waals surface area (Å²) in [6.07, 6.45) is 1.24. The number of carboxylic acid groups (broad SMARTS) is 1. The maximum atomic E-state index is 11.0. The third-order valence-corrected chi connectivity index (χ3v) is 2.53. The van der Waals surface area contributed by atoms with E-state index in [0.717, 1.165) is 0 Å². The van der Waals surface area contributed by atoms with Crippen LogP contribution < -0.4 is 4.74 Å². The largest absolute Gasteiger partial charge is 0.485 e. The molecule has 0 saturated heterocycles. The van der Waals surface area contributed by atoms with Gasteiger partial charge in [0.25, 0.3) is 0 Å². The summed E-state index contributed by atoms with van der Waals surface area (Å²) in [6.45, 7) is 4.63. The molecule has 1 aromatic rings. The first kappa shape index (κ1) is 13.7. The highest BCUT2D eigenvalue weighted by molar-refractivity contribution is 5.76. The standard InChI is InChI=1S/C12H13NO5/c1-3-12(2,11(14)15)8-18-10-7-5-4-6-9(10)13(16)17/h3-7H,1,8H2,2H3,(H,14,15). The molecule has 1 rings (SSSR count). The Morgan fingerprint density at radius 3 is 2.72 bits per heavy atom. The fraction of sp³-hybridized carbons (Fsp3) is 0.250. The summed E-state index contributed by atoms with van der Waals surface area (Å²) < 4.78 is 5.22. The van der Waals surface area contributed by atoms with Crippen LogP contribution >= 0.6 is 0 Å². The van der Waals surface area contributed by atoms with Crippen molar-refractivity contribution in [1.82, 2.24) is 0 Å². The molecule has 0 bridgehead atoms. The van der Waals surface area contributed by atoms with Crippen LogP contribution in [0, 0.1) is 15.5 Å². The van der Waals surface area contributed by atoms with Crippen LogP contribution in [0.15, 0.2) is 36.9 Å². The van der Waals surface area contributed by atoms with Crippen LogP contribution in [-0.2, 0) is 4.79 Å². The molecule has 0 saturated carbocycles. The lowest BCUT2D eigenvalue weighted by molar-refractivity contribution is -0.385. The van der Waals surface area contributed by atoms with Gasteiger partial charge in [-0.3, -0.25) is 14.9 Å². The smallest absolute Gasteiger partial charge is 0.316 e. The highest BCUT2D eigenvalue weighted by atomic mass is 16.6. The highest BCUT2D eigenvalue weighted by Gasteiger charge is 2.31. The second kappa shape index (κ2) is 5.31. The number of carbonyl (C=O) groups is 1. The number of rotatable bonds is 6. The predicted octanol–water partition coefficient (Wildman–Crippen LogP) is 2.25. The number of nitro benzene ring substituents is 1. The fourth-order valence-electron chi connectivity index (χ4n) is 1.17. The molecular weight excluding hydrogens is 238 g/mol. The van der Waals surface area contributed by atoms with Crippen molar-refractivity contribution >= 4 is 11.7 Å². The van der Waals surface area contributed by atoms with Gasteiger partial charge in [-0.2, -0.15) is 0 Å². The third kappa shape index (κ3) is 2.85. The minimum Gasteiger partial charge on any atom is -0.485 e. The molecule has 1 aromatic carbocycles. The Labute approximate surface area is 104 Å². The van der Waals surface area contributed by atoms with Crippen LogP contribution in [0.1, 0.15) is 6.92 Å². The molecule has 0 heterocycles. The SMILES string of the molecule is C=CC(C)(COc1ccccc1[N+](=O)[O-])C(=O)O. The minimum atomic E-state index is -1.29. The molecule has 6 nitrogen and oxygen atoms in total. The fourth-order valence-corrected chi connectivity index (χ4v) is 1.17. The Bertz CT molecular complexity index is 485. The van der Waals surface area contributed by atoms with E-state index in [0.29, 0.717) is 0 Å². The van der Waals surface area contributed by atoms with Gasteiger partial charge in [0.15, 0.2) is 5.75 Å². The van der Waals surface area contributed by atoms with Crippen LogP contribution in [0.4, 0.5) is 5.69 Å². The van der Waals surface area contributed by atoms with E-state index in [2.05, 4.69) is 6.58 Å². The van der Waals surface area contributed by atoms with Gasteiger partial charge in [-0.1, -0.05) is 18.2 Å². The highest BCUT2D eigenvalue weighted by Crippen LogP contribution is 2.28. The molecule has 1 N–H and O–H groups in total. The van der Waals surface area contributed by atoms with Crippen LogP contribution in [0.2, 0.25) is 0 Å². The van der Waals surface area contributed by atoms with Crippen molar-refractivity contribution < 1.29 is 19.6 Å². The van der Waals surface area contributed by atoms with Crippen molar-refractivity contribution in [2.45, 2.75) is 6.92 Å². The molecule has 0 fully saturated rings. The lowest BCUT2D eigenvalue weighted by Gasteiger charge is -2.20.